The molecule has 2 amide bonds. The lowest BCUT2D eigenvalue weighted by Gasteiger charge is -2.41. The first-order valence-corrected chi connectivity index (χ1v) is 11.1. The number of rotatable bonds is 3. The van der Waals surface area contributed by atoms with Gasteiger partial charge in [-0.25, -0.2) is 0 Å². The third kappa shape index (κ3) is 4.07. The SMILES string of the molecule is CC(C)(C)COC1CNC(=O)C[C@@H](c2cccc(Cl)c2)C12C(=O)Nc1cc(Cl)ccc12. The van der Waals surface area contributed by atoms with Crippen LogP contribution in [0.2, 0.25) is 10.0 Å². The summed E-state index contributed by atoms with van der Waals surface area (Å²) in [5.74, 6) is -0.771. The number of anilines is 1. The average molecular weight is 461 g/mol. The quantitative estimate of drug-likeness (QED) is 0.682. The number of hydrogen-bond acceptors (Lipinski definition) is 3. The third-order valence-electron chi connectivity index (χ3n) is 5.95. The summed E-state index contributed by atoms with van der Waals surface area (Å²) in [4.78, 5) is 26.5. The maximum atomic E-state index is 13.8. The van der Waals surface area contributed by atoms with Gasteiger partial charge < -0.3 is 15.4 Å². The second-order valence-electron chi connectivity index (χ2n) is 9.49. The molecule has 2 N–H and O–H groups in total. The van der Waals surface area contributed by atoms with Crippen LogP contribution in [0.25, 0.3) is 0 Å². The van der Waals surface area contributed by atoms with Gasteiger partial charge in [-0.3, -0.25) is 9.59 Å². The Kier molecular flexibility index (Phi) is 5.80. The molecule has 2 aliphatic heterocycles. The van der Waals surface area contributed by atoms with Crippen LogP contribution < -0.4 is 10.6 Å². The Hall–Kier alpha value is -2.08. The van der Waals surface area contributed by atoms with Crippen LogP contribution in [0.15, 0.2) is 42.5 Å². The van der Waals surface area contributed by atoms with Crippen molar-refractivity contribution in [3.63, 3.8) is 0 Å². The zero-order valence-corrected chi connectivity index (χ0v) is 19.3. The van der Waals surface area contributed by atoms with Crippen molar-refractivity contribution in [1.29, 1.82) is 0 Å². The van der Waals surface area contributed by atoms with Crippen LogP contribution in [0.3, 0.4) is 0 Å². The fraction of sp³-hybridized carbons (Fsp3) is 0.417. The van der Waals surface area contributed by atoms with Crippen molar-refractivity contribution in [2.24, 2.45) is 5.41 Å². The van der Waals surface area contributed by atoms with Crippen molar-refractivity contribution >= 4 is 40.7 Å². The first-order chi connectivity index (χ1) is 14.6. The van der Waals surface area contributed by atoms with Crippen molar-refractivity contribution < 1.29 is 14.3 Å². The average Bonchev–Trinajstić information content (AvgIpc) is 2.86. The molecule has 7 heteroatoms. The standard InChI is InChI=1S/C24H26Cl2N2O3/c1-23(2,3)13-31-20-12-27-21(29)11-18(14-5-4-6-15(25)9-14)24(20)17-8-7-16(26)10-19(17)28-22(24)30/h4-10,18,20H,11-13H2,1-3H3,(H,27,29)(H,28,30)/t18-,20?,24?/m0/s1. The Labute approximate surface area is 192 Å². The highest BCUT2D eigenvalue weighted by atomic mass is 35.5. The molecule has 2 unspecified atom stereocenters. The van der Waals surface area contributed by atoms with E-state index < -0.39 is 17.4 Å². The Bertz CT molecular complexity index is 1030. The molecule has 164 valence electrons. The van der Waals surface area contributed by atoms with Crippen LogP contribution >= 0.6 is 23.2 Å². The number of nitrogens with one attached hydrogen (secondary N) is 2. The van der Waals surface area contributed by atoms with Crippen molar-refractivity contribution in [2.75, 3.05) is 18.5 Å². The molecule has 0 aromatic heterocycles. The Balaban J connectivity index is 1.94. The molecular weight excluding hydrogens is 435 g/mol. The normalized spacial score (nSPS) is 25.7. The van der Waals surface area contributed by atoms with Gasteiger partial charge in [0.05, 0.1) is 12.7 Å². The Morgan fingerprint density at radius 1 is 1.10 bits per heavy atom. The minimum Gasteiger partial charge on any atom is -0.374 e. The van der Waals surface area contributed by atoms with E-state index in [2.05, 4.69) is 31.4 Å². The van der Waals surface area contributed by atoms with Crippen molar-refractivity contribution in [1.82, 2.24) is 5.32 Å². The van der Waals surface area contributed by atoms with Crippen molar-refractivity contribution in [3.05, 3.63) is 63.6 Å². The summed E-state index contributed by atoms with van der Waals surface area (Å²) in [7, 11) is 0. The van der Waals surface area contributed by atoms with E-state index in [4.69, 9.17) is 27.9 Å². The molecule has 1 saturated heterocycles. The van der Waals surface area contributed by atoms with E-state index in [1.807, 2.05) is 24.3 Å². The molecule has 2 aromatic carbocycles. The van der Waals surface area contributed by atoms with E-state index in [-0.39, 0.29) is 30.2 Å². The molecule has 0 saturated carbocycles. The molecule has 2 aromatic rings. The van der Waals surface area contributed by atoms with Crippen LogP contribution in [-0.4, -0.2) is 31.1 Å². The Morgan fingerprint density at radius 3 is 2.55 bits per heavy atom. The van der Waals surface area contributed by atoms with Gasteiger partial charge in [-0.2, -0.15) is 0 Å². The highest BCUT2D eigenvalue weighted by molar-refractivity contribution is 6.31. The summed E-state index contributed by atoms with van der Waals surface area (Å²) >= 11 is 12.5. The number of fused-ring (bicyclic) bond motifs is 2. The lowest BCUT2D eigenvalue weighted by Crippen LogP contribution is -2.53. The highest BCUT2D eigenvalue weighted by Gasteiger charge is 2.60. The number of hydrogen-bond donors (Lipinski definition) is 2. The number of carbonyl (C=O) groups is 2. The molecule has 1 spiro atoms. The van der Waals surface area contributed by atoms with E-state index in [1.165, 1.54) is 0 Å². The van der Waals surface area contributed by atoms with E-state index >= 15 is 0 Å². The van der Waals surface area contributed by atoms with Crippen LogP contribution in [0.5, 0.6) is 0 Å². The number of amides is 2. The van der Waals surface area contributed by atoms with Crippen LogP contribution in [0, 0.1) is 5.41 Å². The van der Waals surface area contributed by atoms with Gasteiger partial charge >= 0.3 is 0 Å². The zero-order valence-electron chi connectivity index (χ0n) is 17.8. The monoisotopic (exact) mass is 460 g/mol. The number of ether oxygens (including phenoxy) is 1. The Morgan fingerprint density at radius 2 is 1.84 bits per heavy atom. The summed E-state index contributed by atoms with van der Waals surface area (Å²) in [5.41, 5.74) is 1.06. The highest BCUT2D eigenvalue weighted by Crippen LogP contribution is 2.53. The second kappa shape index (κ2) is 8.12. The van der Waals surface area contributed by atoms with Gasteiger partial charge in [-0.15, -0.1) is 0 Å². The first-order valence-electron chi connectivity index (χ1n) is 10.4. The molecule has 1 fully saturated rings. The van der Waals surface area contributed by atoms with E-state index in [1.54, 1.807) is 18.2 Å². The molecule has 3 atom stereocenters. The van der Waals surface area contributed by atoms with Gasteiger partial charge in [-0.05, 0) is 40.8 Å². The van der Waals surface area contributed by atoms with Crippen molar-refractivity contribution in [2.45, 2.75) is 44.6 Å². The van der Waals surface area contributed by atoms with Gasteiger partial charge in [0.1, 0.15) is 5.41 Å². The number of halogens is 2. The van der Waals surface area contributed by atoms with Gasteiger partial charge in [0.15, 0.2) is 0 Å². The predicted molar refractivity (Wildman–Crippen MR) is 123 cm³/mol. The largest absolute Gasteiger partial charge is 0.374 e. The summed E-state index contributed by atoms with van der Waals surface area (Å²) in [6.07, 6.45) is -0.421. The van der Waals surface area contributed by atoms with E-state index in [9.17, 15) is 9.59 Å². The smallest absolute Gasteiger partial charge is 0.238 e. The van der Waals surface area contributed by atoms with Crippen LogP contribution in [0.1, 0.15) is 44.2 Å². The number of benzene rings is 2. The summed E-state index contributed by atoms with van der Waals surface area (Å²) in [6, 6.07) is 12.8. The lowest BCUT2D eigenvalue weighted by molar-refractivity contribution is -0.130. The second-order valence-corrected chi connectivity index (χ2v) is 10.4. The molecule has 0 aliphatic carbocycles. The fourth-order valence-electron chi connectivity index (χ4n) is 4.65. The zero-order chi connectivity index (χ0) is 22.4. The van der Waals surface area contributed by atoms with Gasteiger partial charge in [0.25, 0.3) is 0 Å². The molecule has 0 bridgehead atoms. The first kappa shape index (κ1) is 22.1. The topological polar surface area (TPSA) is 67.4 Å². The van der Waals surface area contributed by atoms with E-state index in [0.29, 0.717) is 22.3 Å². The maximum Gasteiger partial charge on any atom is 0.238 e. The lowest BCUT2D eigenvalue weighted by atomic mass is 9.64. The minimum absolute atomic E-state index is 0.110. The van der Waals surface area contributed by atoms with Crippen LogP contribution in [-0.2, 0) is 19.7 Å². The summed E-state index contributed by atoms with van der Waals surface area (Å²) in [5, 5.41) is 7.05. The molecule has 5 nitrogen and oxygen atoms in total. The summed E-state index contributed by atoms with van der Waals surface area (Å²) in [6.45, 7) is 6.90. The molecule has 2 aliphatic rings. The summed E-state index contributed by atoms with van der Waals surface area (Å²) < 4.78 is 6.41. The predicted octanol–water partition coefficient (Wildman–Crippen LogP) is 4.92. The van der Waals surface area contributed by atoms with Gasteiger partial charge in [-0.1, -0.05) is 62.2 Å². The van der Waals surface area contributed by atoms with Gasteiger partial charge in [0.2, 0.25) is 11.8 Å². The van der Waals surface area contributed by atoms with E-state index in [0.717, 1.165) is 11.1 Å². The molecule has 2 heterocycles. The molecule has 4 rings (SSSR count). The maximum absolute atomic E-state index is 13.8. The fourth-order valence-corrected chi connectivity index (χ4v) is 5.02. The minimum atomic E-state index is -1.10. The number of carbonyl (C=O) groups excluding carboxylic acids is 2. The molecule has 0 radical (unpaired) electrons. The molecular formula is C24H26Cl2N2O3. The van der Waals surface area contributed by atoms with Crippen molar-refractivity contribution in [3.8, 4) is 0 Å². The molecule has 31 heavy (non-hydrogen) atoms. The van der Waals surface area contributed by atoms with Crippen LogP contribution in [0.4, 0.5) is 5.69 Å². The van der Waals surface area contributed by atoms with Gasteiger partial charge in [0, 0.05) is 34.6 Å². The third-order valence-corrected chi connectivity index (χ3v) is 6.42.